The summed E-state index contributed by atoms with van der Waals surface area (Å²) in [5, 5.41) is 2.65. The zero-order valence-electron chi connectivity index (χ0n) is 10.8. The Balaban J connectivity index is 1.84. The van der Waals surface area contributed by atoms with Crippen LogP contribution >= 0.6 is 0 Å². The minimum atomic E-state index is -0.364. The smallest absolute Gasteiger partial charge is 0.224 e. The summed E-state index contributed by atoms with van der Waals surface area (Å²) < 4.78 is 18.5. The zero-order valence-corrected chi connectivity index (χ0v) is 10.8. The van der Waals surface area contributed by atoms with Crippen LogP contribution in [0.25, 0.3) is 0 Å². The second-order valence-corrected chi connectivity index (χ2v) is 4.28. The van der Waals surface area contributed by atoms with Gasteiger partial charge in [-0.2, -0.15) is 0 Å². The second-order valence-electron chi connectivity index (χ2n) is 4.28. The molecule has 0 atom stereocenters. The number of carbonyl (C=O) groups is 1. The topological polar surface area (TPSA) is 42.2 Å². The van der Waals surface area contributed by atoms with Gasteiger partial charge >= 0.3 is 0 Å². The third-order valence-electron chi connectivity index (χ3n) is 2.77. The molecule has 0 bridgehead atoms. The van der Waals surface area contributed by atoms with Crippen molar-refractivity contribution in [1.82, 2.24) is 0 Å². The van der Waals surface area contributed by atoms with Crippen molar-refractivity contribution >= 4 is 11.6 Å². The van der Waals surface area contributed by atoms with Crippen molar-refractivity contribution in [2.24, 2.45) is 0 Å². The van der Waals surface area contributed by atoms with Gasteiger partial charge in [-0.05, 0) is 30.3 Å². The van der Waals surface area contributed by atoms with Gasteiger partial charge in [0.25, 0.3) is 0 Å². The number of carbonyl (C=O) groups excluding carboxylic acids is 1. The third-order valence-corrected chi connectivity index (χ3v) is 2.77. The summed E-state index contributed by atoms with van der Waals surface area (Å²) in [6.45, 7) is 2.01. The maximum absolute atomic E-state index is 12.9. The minimum Gasteiger partial charge on any atom is -0.466 e. The average Bonchev–Trinajstić information content (AvgIpc) is 2.84. The molecule has 100 valence electrons. The number of amides is 1. The third kappa shape index (κ3) is 3.95. The molecule has 0 aliphatic rings. The predicted octanol–water partition coefficient (Wildman–Crippen LogP) is 3.55. The highest BCUT2D eigenvalue weighted by molar-refractivity contribution is 5.90. The lowest BCUT2D eigenvalue weighted by molar-refractivity contribution is -0.116. The standard InChI is InChI=1S/C15H16FNO2/c1-2-13-6-7-14(19-13)8-9-15(18)17-12-5-3-4-11(16)10-12/h3-7,10H,2,8-9H2,1H3,(H,17,18). The Morgan fingerprint density at radius 2 is 2.05 bits per heavy atom. The van der Waals surface area contributed by atoms with Gasteiger partial charge in [0.05, 0.1) is 0 Å². The van der Waals surface area contributed by atoms with Crippen molar-refractivity contribution in [1.29, 1.82) is 0 Å². The Hall–Kier alpha value is -2.10. The van der Waals surface area contributed by atoms with E-state index >= 15 is 0 Å². The fraction of sp³-hybridized carbons (Fsp3) is 0.267. The van der Waals surface area contributed by atoms with Gasteiger partial charge in [-0.15, -0.1) is 0 Å². The Labute approximate surface area is 111 Å². The van der Waals surface area contributed by atoms with Gasteiger partial charge in [0, 0.05) is 24.9 Å². The second kappa shape index (κ2) is 6.18. The number of hydrogen-bond donors (Lipinski definition) is 1. The normalized spacial score (nSPS) is 10.4. The number of nitrogens with one attached hydrogen (secondary N) is 1. The van der Waals surface area contributed by atoms with Gasteiger partial charge in [-0.25, -0.2) is 4.39 Å². The molecule has 0 saturated carbocycles. The summed E-state index contributed by atoms with van der Waals surface area (Å²) in [7, 11) is 0. The molecule has 2 aromatic rings. The molecule has 1 N–H and O–H groups in total. The Kier molecular flexibility index (Phi) is 4.34. The molecular weight excluding hydrogens is 245 g/mol. The van der Waals surface area contributed by atoms with Crippen LogP contribution < -0.4 is 5.32 Å². The van der Waals surface area contributed by atoms with Crippen LogP contribution in [0.5, 0.6) is 0 Å². The molecule has 1 aromatic carbocycles. The van der Waals surface area contributed by atoms with Crippen LogP contribution in [0.2, 0.25) is 0 Å². The number of anilines is 1. The molecule has 0 fully saturated rings. The van der Waals surface area contributed by atoms with Crippen molar-refractivity contribution in [3.63, 3.8) is 0 Å². The number of benzene rings is 1. The molecular formula is C15H16FNO2. The van der Waals surface area contributed by atoms with Crippen molar-refractivity contribution in [3.05, 3.63) is 53.7 Å². The van der Waals surface area contributed by atoms with Crippen LogP contribution in [-0.4, -0.2) is 5.91 Å². The maximum atomic E-state index is 12.9. The SMILES string of the molecule is CCc1ccc(CCC(=O)Nc2cccc(F)c2)o1. The first-order chi connectivity index (χ1) is 9.17. The molecule has 0 unspecified atom stereocenters. The fourth-order valence-electron chi connectivity index (χ4n) is 1.77. The van der Waals surface area contributed by atoms with Crippen LogP contribution in [0.4, 0.5) is 10.1 Å². The predicted molar refractivity (Wildman–Crippen MR) is 71.4 cm³/mol. The van der Waals surface area contributed by atoms with Crippen molar-refractivity contribution in [2.75, 3.05) is 5.32 Å². The van der Waals surface area contributed by atoms with Gasteiger partial charge < -0.3 is 9.73 Å². The molecule has 1 amide bonds. The molecule has 1 heterocycles. The Bertz CT molecular complexity index is 563. The van der Waals surface area contributed by atoms with Crippen LogP contribution in [0, 0.1) is 5.82 Å². The first kappa shape index (κ1) is 13.3. The van der Waals surface area contributed by atoms with Crippen molar-refractivity contribution in [2.45, 2.75) is 26.2 Å². The lowest BCUT2D eigenvalue weighted by Gasteiger charge is -2.04. The molecule has 4 heteroatoms. The van der Waals surface area contributed by atoms with Gasteiger partial charge in [-0.1, -0.05) is 13.0 Å². The van der Waals surface area contributed by atoms with E-state index in [1.807, 2.05) is 19.1 Å². The van der Waals surface area contributed by atoms with E-state index < -0.39 is 0 Å². The molecule has 3 nitrogen and oxygen atoms in total. The highest BCUT2D eigenvalue weighted by atomic mass is 19.1. The summed E-state index contributed by atoms with van der Waals surface area (Å²) in [4.78, 5) is 11.7. The molecule has 0 aliphatic carbocycles. The van der Waals surface area contributed by atoms with E-state index in [4.69, 9.17) is 4.42 Å². The first-order valence-corrected chi connectivity index (χ1v) is 6.30. The molecule has 19 heavy (non-hydrogen) atoms. The van der Waals surface area contributed by atoms with E-state index in [1.54, 1.807) is 12.1 Å². The Morgan fingerprint density at radius 3 is 2.74 bits per heavy atom. The van der Waals surface area contributed by atoms with Crippen LogP contribution in [0.3, 0.4) is 0 Å². The van der Waals surface area contributed by atoms with E-state index in [9.17, 15) is 9.18 Å². The summed E-state index contributed by atoms with van der Waals surface area (Å²) in [6, 6.07) is 9.65. The van der Waals surface area contributed by atoms with Crippen molar-refractivity contribution < 1.29 is 13.6 Å². The average molecular weight is 261 g/mol. The summed E-state index contributed by atoms with van der Waals surface area (Å²) in [5.41, 5.74) is 0.471. The highest BCUT2D eigenvalue weighted by Gasteiger charge is 2.06. The number of rotatable bonds is 5. The fourth-order valence-corrected chi connectivity index (χ4v) is 1.77. The van der Waals surface area contributed by atoms with Crippen LogP contribution in [0.1, 0.15) is 24.9 Å². The lowest BCUT2D eigenvalue weighted by Crippen LogP contribution is -2.12. The molecule has 0 saturated heterocycles. The van der Waals surface area contributed by atoms with Gasteiger partial charge in [0.15, 0.2) is 0 Å². The number of hydrogen-bond acceptors (Lipinski definition) is 2. The van der Waals surface area contributed by atoms with Gasteiger partial charge in [0.1, 0.15) is 17.3 Å². The van der Waals surface area contributed by atoms with Crippen molar-refractivity contribution in [3.8, 4) is 0 Å². The van der Waals surface area contributed by atoms with Crippen LogP contribution in [-0.2, 0) is 17.6 Å². The lowest BCUT2D eigenvalue weighted by atomic mass is 10.2. The van der Waals surface area contributed by atoms with Crippen LogP contribution in [0.15, 0.2) is 40.8 Å². The first-order valence-electron chi connectivity index (χ1n) is 6.30. The number of furan rings is 1. The van der Waals surface area contributed by atoms with Gasteiger partial charge in [0.2, 0.25) is 5.91 Å². The van der Waals surface area contributed by atoms with Gasteiger partial charge in [-0.3, -0.25) is 4.79 Å². The minimum absolute atomic E-state index is 0.153. The summed E-state index contributed by atoms with van der Waals surface area (Å²) >= 11 is 0. The summed E-state index contributed by atoms with van der Waals surface area (Å²) in [6.07, 6.45) is 1.70. The largest absolute Gasteiger partial charge is 0.466 e. The molecule has 0 aliphatic heterocycles. The van der Waals surface area contributed by atoms with E-state index in [0.29, 0.717) is 18.5 Å². The molecule has 0 spiro atoms. The van der Waals surface area contributed by atoms with E-state index in [2.05, 4.69) is 5.32 Å². The zero-order chi connectivity index (χ0) is 13.7. The molecule has 1 aromatic heterocycles. The molecule has 2 rings (SSSR count). The highest BCUT2D eigenvalue weighted by Crippen LogP contribution is 2.12. The molecule has 0 radical (unpaired) electrons. The number of aryl methyl sites for hydroxylation is 2. The van der Waals surface area contributed by atoms with E-state index in [0.717, 1.165) is 17.9 Å². The van der Waals surface area contributed by atoms with E-state index in [-0.39, 0.29) is 11.7 Å². The summed E-state index contributed by atoms with van der Waals surface area (Å²) in [5.74, 6) is 1.20. The monoisotopic (exact) mass is 261 g/mol. The quantitative estimate of drug-likeness (QED) is 0.894. The Morgan fingerprint density at radius 1 is 1.26 bits per heavy atom. The van der Waals surface area contributed by atoms with E-state index in [1.165, 1.54) is 12.1 Å². The maximum Gasteiger partial charge on any atom is 0.224 e. The number of halogens is 1.